The molecule has 0 radical (unpaired) electrons. The van der Waals surface area contributed by atoms with Gasteiger partial charge in [-0.1, -0.05) is 0 Å². The van der Waals surface area contributed by atoms with Gasteiger partial charge in [0.2, 0.25) is 6.41 Å². The maximum atomic E-state index is 12.7. The number of halogens is 3. The monoisotopic (exact) mass is 444 g/mol. The third-order valence-corrected chi connectivity index (χ3v) is 4.48. The van der Waals surface area contributed by atoms with Crippen LogP contribution in [0.3, 0.4) is 0 Å². The Labute approximate surface area is 180 Å². The predicted molar refractivity (Wildman–Crippen MR) is 113 cm³/mol. The molecule has 4 rings (SSSR count). The molecule has 2 heterocycles. The minimum absolute atomic E-state index is 0.250. The Balaban J connectivity index is 0.000000913. The van der Waals surface area contributed by atoms with Crippen LogP contribution in [0.5, 0.6) is 5.75 Å². The van der Waals surface area contributed by atoms with E-state index in [1.165, 1.54) is 18.5 Å². The summed E-state index contributed by atoms with van der Waals surface area (Å²) in [5.41, 5.74) is 5.90. The number of alkyl halides is 3. The summed E-state index contributed by atoms with van der Waals surface area (Å²) in [7, 11) is 3.43. The third kappa shape index (κ3) is 4.77. The number of carbonyl (C=O) groups excluding carboxylic acids is 1. The Morgan fingerprint density at radius 1 is 1.06 bits per heavy atom. The molecule has 166 valence electrons. The number of primary amides is 1. The molecule has 8 nitrogen and oxygen atoms in total. The fourth-order valence-corrected chi connectivity index (χ4v) is 2.97. The molecule has 1 amide bonds. The second-order valence-corrected chi connectivity index (χ2v) is 6.45. The third-order valence-electron chi connectivity index (χ3n) is 4.48. The molecule has 11 heteroatoms. The highest BCUT2D eigenvalue weighted by atomic mass is 19.4. The van der Waals surface area contributed by atoms with Gasteiger partial charge in [0, 0.05) is 18.3 Å². The maximum absolute atomic E-state index is 12.7. The highest BCUT2D eigenvalue weighted by Gasteiger charge is 2.30. The lowest BCUT2D eigenvalue weighted by molar-refractivity contribution is -0.137. The van der Waals surface area contributed by atoms with Gasteiger partial charge in [0.1, 0.15) is 17.9 Å². The van der Waals surface area contributed by atoms with E-state index in [-0.39, 0.29) is 6.41 Å². The number of nitrogens with zero attached hydrogens (tertiary/aromatic N) is 4. The van der Waals surface area contributed by atoms with Crippen LogP contribution in [0, 0.1) is 0 Å². The fourth-order valence-electron chi connectivity index (χ4n) is 2.97. The molecule has 2 aromatic heterocycles. The van der Waals surface area contributed by atoms with E-state index < -0.39 is 11.7 Å². The van der Waals surface area contributed by atoms with Crippen LogP contribution in [-0.4, -0.2) is 33.0 Å². The van der Waals surface area contributed by atoms with Crippen molar-refractivity contribution in [3.05, 3.63) is 60.4 Å². The Kier molecular flexibility index (Phi) is 6.57. The SMILES string of the molecule is COc1ccc(-c2nc3c(Nc4ccc(C(F)(F)F)cc4)ncnc3n2C)cc1.NC=O. The Morgan fingerprint density at radius 3 is 2.25 bits per heavy atom. The zero-order valence-corrected chi connectivity index (χ0v) is 17.1. The number of nitrogens with one attached hydrogen (secondary N) is 1. The van der Waals surface area contributed by atoms with Crippen LogP contribution in [-0.2, 0) is 18.0 Å². The lowest BCUT2D eigenvalue weighted by Gasteiger charge is -2.09. The Bertz CT molecular complexity index is 1210. The summed E-state index contributed by atoms with van der Waals surface area (Å²) in [5, 5.41) is 3.02. The van der Waals surface area contributed by atoms with Crippen LogP contribution in [0.25, 0.3) is 22.6 Å². The first-order chi connectivity index (χ1) is 15.3. The summed E-state index contributed by atoms with van der Waals surface area (Å²) >= 11 is 0. The molecule has 0 saturated heterocycles. The molecule has 32 heavy (non-hydrogen) atoms. The minimum atomic E-state index is -4.38. The second-order valence-electron chi connectivity index (χ2n) is 6.45. The molecule has 0 bridgehead atoms. The van der Waals surface area contributed by atoms with Crippen molar-refractivity contribution < 1.29 is 22.7 Å². The number of benzene rings is 2. The van der Waals surface area contributed by atoms with Crippen LogP contribution in [0.15, 0.2) is 54.9 Å². The van der Waals surface area contributed by atoms with E-state index in [9.17, 15) is 13.2 Å². The molecule has 0 atom stereocenters. The van der Waals surface area contributed by atoms with Gasteiger partial charge in [0.05, 0.1) is 12.7 Å². The van der Waals surface area contributed by atoms with Crippen molar-refractivity contribution in [2.75, 3.05) is 12.4 Å². The lowest BCUT2D eigenvalue weighted by atomic mass is 10.2. The number of amides is 1. The Morgan fingerprint density at radius 2 is 1.69 bits per heavy atom. The van der Waals surface area contributed by atoms with Gasteiger partial charge in [-0.05, 0) is 48.5 Å². The topological polar surface area (TPSA) is 108 Å². The number of anilines is 2. The molecule has 3 N–H and O–H groups in total. The fraction of sp³-hybridized carbons (Fsp3) is 0.143. The molecule has 2 aromatic carbocycles. The molecule has 0 aliphatic carbocycles. The number of aromatic nitrogens is 4. The summed E-state index contributed by atoms with van der Waals surface area (Å²) in [6.07, 6.45) is -2.75. The zero-order valence-electron chi connectivity index (χ0n) is 17.1. The van der Waals surface area contributed by atoms with Crippen molar-refractivity contribution in [1.82, 2.24) is 19.5 Å². The summed E-state index contributed by atoms with van der Waals surface area (Å²) in [6.45, 7) is 0. The van der Waals surface area contributed by atoms with Gasteiger partial charge < -0.3 is 20.4 Å². The van der Waals surface area contributed by atoms with Gasteiger partial charge in [-0.2, -0.15) is 13.2 Å². The van der Waals surface area contributed by atoms with Crippen LogP contribution >= 0.6 is 0 Å². The molecule has 0 saturated carbocycles. The van der Waals surface area contributed by atoms with Crippen molar-refractivity contribution in [3.8, 4) is 17.1 Å². The first-order valence-electron chi connectivity index (χ1n) is 9.20. The van der Waals surface area contributed by atoms with E-state index >= 15 is 0 Å². The maximum Gasteiger partial charge on any atom is 0.416 e. The number of ether oxygens (including phenoxy) is 1. The lowest BCUT2D eigenvalue weighted by Crippen LogP contribution is -2.04. The molecule has 0 spiro atoms. The van der Waals surface area contributed by atoms with Crippen molar-refractivity contribution in [2.24, 2.45) is 12.8 Å². The normalized spacial score (nSPS) is 10.9. The van der Waals surface area contributed by atoms with Gasteiger partial charge in [-0.25, -0.2) is 15.0 Å². The number of imidazole rings is 1. The Hall–Kier alpha value is -4.15. The number of methoxy groups -OCH3 is 1. The van der Waals surface area contributed by atoms with Crippen molar-refractivity contribution >= 4 is 29.1 Å². The minimum Gasteiger partial charge on any atom is -0.497 e. The second kappa shape index (κ2) is 9.33. The van der Waals surface area contributed by atoms with Gasteiger partial charge >= 0.3 is 6.18 Å². The molecular weight excluding hydrogens is 425 g/mol. The van der Waals surface area contributed by atoms with Crippen molar-refractivity contribution in [2.45, 2.75) is 6.18 Å². The summed E-state index contributed by atoms with van der Waals surface area (Å²) < 4.78 is 45.3. The number of nitrogens with two attached hydrogens (primary N) is 1. The molecule has 4 aromatic rings. The van der Waals surface area contributed by atoms with Crippen LogP contribution in [0.2, 0.25) is 0 Å². The summed E-state index contributed by atoms with van der Waals surface area (Å²) in [6, 6.07) is 12.2. The highest BCUT2D eigenvalue weighted by Crippen LogP contribution is 2.31. The van der Waals surface area contributed by atoms with Gasteiger partial charge in [0.25, 0.3) is 0 Å². The molecule has 0 fully saturated rings. The van der Waals surface area contributed by atoms with Gasteiger partial charge in [0.15, 0.2) is 17.0 Å². The van der Waals surface area contributed by atoms with E-state index in [4.69, 9.17) is 9.53 Å². The largest absolute Gasteiger partial charge is 0.497 e. The van der Waals surface area contributed by atoms with Crippen LogP contribution in [0.1, 0.15) is 5.56 Å². The smallest absolute Gasteiger partial charge is 0.416 e. The number of fused-ring (bicyclic) bond motifs is 1. The van der Waals surface area contributed by atoms with E-state index in [1.807, 2.05) is 35.9 Å². The first kappa shape index (κ1) is 22.5. The highest BCUT2D eigenvalue weighted by molar-refractivity contribution is 5.88. The van der Waals surface area contributed by atoms with Crippen LogP contribution < -0.4 is 15.8 Å². The quantitative estimate of drug-likeness (QED) is 0.462. The van der Waals surface area contributed by atoms with Crippen LogP contribution in [0.4, 0.5) is 24.7 Å². The number of hydrogen-bond donors (Lipinski definition) is 2. The first-order valence-corrected chi connectivity index (χ1v) is 9.20. The van der Waals surface area contributed by atoms with E-state index in [0.717, 1.165) is 23.4 Å². The van der Waals surface area contributed by atoms with Gasteiger partial charge in [-0.15, -0.1) is 0 Å². The molecule has 0 aliphatic rings. The molecule has 0 aliphatic heterocycles. The summed E-state index contributed by atoms with van der Waals surface area (Å²) in [5.74, 6) is 1.82. The van der Waals surface area contributed by atoms with E-state index in [2.05, 4.69) is 26.0 Å². The average Bonchev–Trinajstić information content (AvgIpc) is 3.12. The van der Waals surface area contributed by atoms with E-state index in [1.54, 1.807) is 7.11 Å². The number of carbonyl (C=O) groups is 1. The van der Waals surface area contributed by atoms with Crippen molar-refractivity contribution in [1.29, 1.82) is 0 Å². The molecular formula is C21H19F3N6O2. The summed E-state index contributed by atoms with van der Waals surface area (Å²) in [4.78, 5) is 21.7. The average molecular weight is 444 g/mol. The zero-order chi connectivity index (χ0) is 23.3. The number of rotatable bonds is 4. The van der Waals surface area contributed by atoms with Gasteiger partial charge in [-0.3, -0.25) is 4.79 Å². The molecule has 0 unspecified atom stereocenters. The predicted octanol–water partition coefficient (Wildman–Crippen LogP) is 3.90. The number of hydrogen-bond acceptors (Lipinski definition) is 6. The standard InChI is InChI=1S/C20H16F3N5O.CH3NO/c1-28-18(12-3-9-15(29-2)10-4-12)27-16-17(24-11-25-19(16)28)26-14-7-5-13(6-8-14)20(21,22)23;2-1-3/h3-11H,1-2H3,(H,24,25,26);1H,(H2,2,3). The van der Waals surface area contributed by atoms with Crippen molar-refractivity contribution in [3.63, 3.8) is 0 Å². The number of aryl methyl sites for hydroxylation is 1. The van der Waals surface area contributed by atoms with E-state index in [0.29, 0.717) is 28.5 Å².